The van der Waals surface area contributed by atoms with Crippen molar-refractivity contribution in [2.75, 3.05) is 6.79 Å². The van der Waals surface area contributed by atoms with E-state index in [-0.39, 0.29) is 17.6 Å². The summed E-state index contributed by atoms with van der Waals surface area (Å²) in [5.41, 5.74) is 7.28. The van der Waals surface area contributed by atoms with E-state index in [0.29, 0.717) is 13.4 Å². The molecule has 0 amide bonds. The van der Waals surface area contributed by atoms with Gasteiger partial charge in [0, 0.05) is 6.04 Å². The lowest BCUT2D eigenvalue weighted by atomic mass is 9.84. The molecule has 0 saturated heterocycles. The number of hydrogen-bond donors (Lipinski definition) is 1. The van der Waals surface area contributed by atoms with E-state index in [1.807, 2.05) is 18.2 Å². The highest BCUT2D eigenvalue weighted by atomic mass is 16.7. The van der Waals surface area contributed by atoms with Crippen molar-refractivity contribution in [3.05, 3.63) is 23.8 Å². The van der Waals surface area contributed by atoms with Crippen molar-refractivity contribution in [1.29, 1.82) is 0 Å². The van der Waals surface area contributed by atoms with Crippen LogP contribution in [0.1, 0.15) is 39.7 Å². The average molecular weight is 279 g/mol. The zero-order valence-corrected chi connectivity index (χ0v) is 12.8. The first-order valence-corrected chi connectivity index (χ1v) is 7.17. The molecule has 0 aliphatic carbocycles. The Labute approximate surface area is 121 Å². The number of benzene rings is 1. The van der Waals surface area contributed by atoms with Crippen molar-refractivity contribution in [2.45, 2.75) is 52.9 Å². The summed E-state index contributed by atoms with van der Waals surface area (Å²) in [5, 5.41) is 0. The second-order valence-electron chi connectivity index (χ2n) is 6.36. The molecule has 1 aromatic carbocycles. The third-order valence-electron chi connectivity index (χ3n) is 3.58. The summed E-state index contributed by atoms with van der Waals surface area (Å²) in [6, 6.07) is 5.95. The van der Waals surface area contributed by atoms with Gasteiger partial charge >= 0.3 is 0 Å². The number of nitrogens with two attached hydrogens (primary N) is 1. The largest absolute Gasteiger partial charge is 0.454 e. The Morgan fingerprint density at radius 2 is 1.95 bits per heavy atom. The lowest BCUT2D eigenvalue weighted by Crippen LogP contribution is -2.44. The van der Waals surface area contributed by atoms with E-state index in [4.69, 9.17) is 19.9 Å². The molecule has 2 N–H and O–H groups in total. The van der Waals surface area contributed by atoms with Crippen LogP contribution < -0.4 is 15.2 Å². The van der Waals surface area contributed by atoms with Crippen LogP contribution in [0.5, 0.6) is 11.5 Å². The molecular formula is C16H25NO3. The first-order valence-electron chi connectivity index (χ1n) is 7.17. The van der Waals surface area contributed by atoms with Crippen molar-refractivity contribution in [1.82, 2.24) is 0 Å². The van der Waals surface area contributed by atoms with Crippen molar-refractivity contribution < 1.29 is 14.2 Å². The third-order valence-corrected chi connectivity index (χ3v) is 3.58. The predicted octanol–water partition coefficient (Wildman–Crippen LogP) is 3.08. The summed E-state index contributed by atoms with van der Waals surface area (Å²) in [6.45, 7) is 9.40. The molecule has 2 unspecified atom stereocenters. The maximum Gasteiger partial charge on any atom is 0.231 e. The summed E-state index contributed by atoms with van der Waals surface area (Å²) >= 11 is 0. The van der Waals surface area contributed by atoms with E-state index < -0.39 is 0 Å². The molecule has 0 aromatic heterocycles. The van der Waals surface area contributed by atoms with Crippen LogP contribution in [0.15, 0.2) is 18.2 Å². The quantitative estimate of drug-likeness (QED) is 0.900. The topological polar surface area (TPSA) is 53.7 Å². The molecular weight excluding hydrogens is 254 g/mol. The molecule has 4 nitrogen and oxygen atoms in total. The molecule has 1 heterocycles. The maximum atomic E-state index is 6.19. The maximum absolute atomic E-state index is 6.19. The zero-order chi connectivity index (χ0) is 14.8. The van der Waals surface area contributed by atoms with Crippen molar-refractivity contribution in [3.63, 3.8) is 0 Å². The average Bonchev–Trinajstić information content (AvgIpc) is 2.84. The highest BCUT2D eigenvalue weighted by molar-refractivity contribution is 5.44. The van der Waals surface area contributed by atoms with Crippen LogP contribution in [0.2, 0.25) is 0 Å². The summed E-state index contributed by atoms with van der Waals surface area (Å²) in [6.07, 6.45) is 0.932. The number of fused-ring (bicyclic) bond motifs is 1. The van der Waals surface area contributed by atoms with Gasteiger partial charge in [0.25, 0.3) is 0 Å². The zero-order valence-electron chi connectivity index (χ0n) is 12.8. The molecule has 1 aliphatic heterocycles. The van der Waals surface area contributed by atoms with Gasteiger partial charge in [0.05, 0.1) is 12.7 Å². The molecule has 0 radical (unpaired) electrons. The highest BCUT2D eigenvalue weighted by Crippen LogP contribution is 2.33. The van der Waals surface area contributed by atoms with Crippen LogP contribution in [0.25, 0.3) is 0 Å². The Balaban J connectivity index is 2.02. The van der Waals surface area contributed by atoms with Crippen molar-refractivity contribution in [3.8, 4) is 11.5 Å². The summed E-state index contributed by atoms with van der Waals surface area (Å²) in [7, 11) is 0. The van der Waals surface area contributed by atoms with Crippen LogP contribution in [0.3, 0.4) is 0 Å². The van der Waals surface area contributed by atoms with Crippen LogP contribution in [-0.2, 0) is 11.3 Å². The number of ether oxygens (including phenoxy) is 3. The minimum absolute atomic E-state index is 0.0196. The van der Waals surface area contributed by atoms with Gasteiger partial charge in [-0.2, -0.15) is 0 Å². The van der Waals surface area contributed by atoms with E-state index in [1.165, 1.54) is 0 Å². The number of rotatable bonds is 5. The Kier molecular flexibility index (Phi) is 4.55. The van der Waals surface area contributed by atoms with E-state index in [0.717, 1.165) is 23.5 Å². The molecule has 20 heavy (non-hydrogen) atoms. The monoisotopic (exact) mass is 279 g/mol. The molecule has 2 atom stereocenters. The molecule has 1 aromatic rings. The standard InChI is InChI=1S/C16H25NO3/c1-5-12(17)15(16(2,3)4)18-9-11-6-7-13-14(8-11)20-10-19-13/h6-8,12,15H,5,9-10,17H2,1-4H3. The third kappa shape index (κ3) is 3.44. The lowest BCUT2D eigenvalue weighted by molar-refractivity contribution is -0.0439. The highest BCUT2D eigenvalue weighted by Gasteiger charge is 2.30. The van der Waals surface area contributed by atoms with Gasteiger partial charge in [0.2, 0.25) is 6.79 Å². The summed E-state index contributed by atoms with van der Waals surface area (Å²) in [5.74, 6) is 1.59. The SMILES string of the molecule is CCC(N)C(OCc1ccc2c(c1)OCO2)C(C)(C)C. The first kappa shape index (κ1) is 15.1. The van der Waals surface area contributed by atoms with Gasteiger partial charge in [0.15, 0.2) is 11.5 Å². The second-order valence-corrected chi connectivity index (χ2v) is 6.36. The smallest absolute Gasteiger partial charge is 0.231 e. The molecule has 1 aliphatic rings. The van der Waals surface area contributed by atoms with Gasteiger partial charge < -0.3 is 19.9 Å². The molecule has 4 heteroatoms. The van der Waals surface area contributed by atoms with Gasteiger partial charge in [0.1, 0.15) is 0 Å². The Morgan fingerprint density at radius 3 is 2.60 bits per heavy atom. The minimum Gasteiger partial charge on any atom is -0.454 e. The Morgan fingerprint density at radius 1 is 1.25 bits per heavy atom. The van der Waals surface area contributed by atoms with Gasteiger partial charge in [-0.1, -0.05) is 33.8 Å². The fraction of sp³-hybridized carbons (Fsp3) is 0.625. The van der Waals surface area contributed by atoms with Gasteiger partial charge in [-0.15, -0.1) is 0 Å². The molecule has 0 fully saturated rings. The van der Waals surface area contributed by atoms with Crippen LogP contribution in [0.4, 0.5) is 0 Å². The fourth-order valence-corrected chi connectivity index (χ4v) is 2.45. The van der Waals surface area contributed by atoms with Crippen LogP contribution in [-0.4, -0.2) is 18.9 Å². The van der Waals surface area contributed by atoms with E-state index in [9.17, 15) is 0 Å². The van der Waals surface area contributed by atoms with Crippen LogP contribution >= 0.6 is 0 Å². The van der Waals surface area contributed by atoms with Crippen molar-refractivity contribution in [2.24, 2.45) is 11.1 Å². The predicted molar refractivity (Wildman–Crippen MR) is 78.9 cm³/mol. The Bertz CT molecular complexity index is 454. The molecule has 0 saturated carbocycles. The van der Waals surface area contributed by atoms with E-state index >= 15 is 0 Å². The van der Waals surface area contributed by atoms with Crippen molar-refractivity contribution >= 4 is 0 Å². The van der Waals surface area contributed by atoms with Crippen LogP contribution in [0, 0.1) is 5.41 Å². The Hall–Kier alpha value is -1.26. The van der Waals surface area contributed by atoms with Gasteiger partial charge in [-0.3, -0.25) is 0 Å². The molecule has 2 rings (SSSR count). The normalized spacial score (nSPS) is 17.1. The fourth-order valence-electron chi connectivity index (χ4n) is 2.45. The van der Waals surface area contributed by atoms with E-state index in [1.54, 1.807) is 0 Å². The molecule has 0 bridgehead atoms. The molecule has 0 spiro atoms. The van der Waals surface area contributed by atoms with E-state index in [2.05, 4.69) is 27.7 Å². The molecule has 112 valence electrons. The second kappa shape index (κ2) is 6.02. The summed E-state index contributed by atoms with van der Waals surface area (Å²) in [4.78, 5) is 0. The van der Waals surface area contributed by atoms with Gasteiger partial charge in [-0.25, -0.2) is 0 Å². The lowest BCUT2D eigenvalue weighted by Gasteiger charge is -2.34. The minimum atomic E-state index is 0.0196. The van der Waals surface area contributed by atoms with Gasteiger partial charge in [-0.05, 0) is 29.5 Å². The number of hydrogen-bond acceptors (Lipinski definition) is 4. The summed E-state index contributed by atoms with van der Waals surface area (Å²) < 4.78 is 16.8. The first-order chi connectivity index (χ1) is 9.41.